The maximum Gasteiger partial charge on any atom is 0.245 e. The van der Waals surface area contributed by atoms with E-state index in [1.165, 1.54) is 11.0 Å². The number of carbonyl (C=O) groups excluding carboxylic acids is 1. The van der Waals surface area contributed by atoms with Gasteiger partial charge >= 0.3 is 0 Å². The number of aromatic nitrogens is 6. The summed E-state index contributed by atoms with van der Waals surface area (Å²) in [7, 11) is 0. The quantitative estimate of drug-likeness (QED) is 0.717. The second-order valence-electron chi connectivity index (χ2n) is 5.54. The normalized spacial score (nSPS) is 13.8. The molecule has 0 saturated carbocycles. The molecule has 0 radical (unpaired) electrons. The number of hydrogen-bond donors (Lipinski definition) is 2. The van der Waals surface area contributed by atoms with Crippen LogP contribution < -0.4 is 5.32 Å². The maximum absolute atomic E-state index is 12.6. The van der Waals surface area contributed by atoms with E-state index in [0.717, 1.165) is 23.3 Å². The van der Waals surface area contributed by atoms with E-state index in [1.807, 2.05) is 38.1 Å². The van der Waals surface area contributed by atoms with E-state index in [0.29, 0.717) is 6.54 Å². The van der Waals surface area contributed by atoms with Crippen molar-refractivity contribution in [1.29, 1.82) is 0 Å². The summed E-state index contributed by atoms with van der Waals surface area (Å²) in [6.07, 6.45) is 2.32. The molecule has 0 unspecified atom stereocenters. The van der Waals surface area contributed by atoms with E-state index >= 15 is 0 Å². The van der Waals surface area contributed by atoms with Gasteiger partial charge in [0.05, 0.1) is 17.6 Å². The first-order valence-electron chi connectivity index (χ1n) is 7.63. The first-order chi connectivity index (χ1) is 11.2. The van der Waals surface area contributed by atoms with E-state index in [-0.39, 0.29) is 11.8 Å². The van der Waals surface area contributed by atoms with E-state index in [1.54, 1.807) is 0 Å². The van der Waals surface area contributed by atoms with Gasteiger partial charge in [-0.25, -0.2) is 9.67 Å². The van der Waals surface area contributed by atoms with Crippen LogP contribution in [0.15, 0.2) is 30.6 Å². The number of nitrogens with zero attached hydrogens (tertiary/aromatic N) is 5. The van der Waals surface area contributed by atoms with Crippen LogP contribution in [0.1, 0.15) is 32.1 Å². The minimum absolute atomic E-state index is 0.118. The van der Waals surface area contributed by atoms with Crippen molar-refractivity contribution in [3.05, 3.63) is 36.4 Å². The molecule has 0 aliphatic carbocycles. The van der Waals surface area contributed by atoms with Gasteiger partial charge in [-0.05, 0) is 28.5 Å². The van der Waals surface area contributed by atoms with Crippen molar-refractivity contribution in [3.8, 4) is 0 Å². The van der Waals surface area contributed by atoms with Crippen LogP contribution in [0.25, 0.3) is 11.0 Å². The number of imidazole rings is 1. The monoisotopic (exact) mass is 313 g/mol. The Bertz CT molecular complexity index is 747. The minimum atomic E-state index is -0.431. The molecule has 8 heteroatoms. The van der Waals surface area contributed by atoms with E-state index in [4.69, 9.17) is 0 Å². The van der Waals surface area contributed by atoms with Gasteiger partial charge in [0.2, 0.25) is 5.91 Å². The van der Waals surface area contributed by atoms with Crippen LogP contribution in [0.4, 0.5) is 0 Å². The Labute approximate surface area is 133 Å². The summed E-state index contributed by atoms with van der Waals surface area (Å²) in [5.41, 5.74) is 1.84. The highest BCUT2D eigenvalue weighted by molar-refractivity contribution is 5.80. The smallest absolute Gasteiger partial charge is 0.245 e. The molecule has 0 fully saturated rings. The molecule has 0 bridgehead atoms. The van der Waals surface area contributed by atoms with Crippen LogP contribution in [-0.2, 0) is 11.3 Å². The number of aromatic amines is 1. The van der Waals surface area contributed by atoms with Crippen molar-refractivity contribution in [2.45, 2.75) is 32.9 Å². The predicted molar refractivity (Wildman–Crippen MR) is 84.2 cm³/mol. The first kappa shape index (κ1) is 15.1. The van der Waals surface area contributed by atoms with Crippen LogP contribution >= 0.6 is 0 Å². The van der Waals surface area contributed by atoms with Gasteiger partial charge in [-0.3, -0.25) is 4.79 Å². The molecule has 2 aromatic heterocycles. The Morgan fingerprint density at radius 2 is 2.22 bits per heavy atom. The van der Waals surface area contributed by atoms with Crippen LogP contribution in [0.3, 0.4) is 0 Å². The number of hydrogen-bond acceptors (Lipinski definition) is 5. The molecule has 3 rings (SSSR count). The lowest BCUT2D eigenvalue weighted by Crippen LogP contribution is -2.36. The molecule has 1 aromatic carbocycles. The Morgan fingerprint density at radius 3 is 2.91 bits per heavy atom. The van der Waals surface area contributed by atoms with Crippen molar-refractivity contribution in [1.82, 2.24) is 35.5 Å². The fraction of sp³-hybridized carbons (Fsp3) is 0.400. The highest BCUT2D eigenvalue weighted by Crippen LogP contribution is 2.20. The molecular formula is C15H19N7O. The largest absolute Gasteiger partial charge is 0.347 e. The van der Waals surface area contributed by atoms with Crippen molar-refractivity contribution >= 4 is 16.9 Å². The topological polar surface area (TPSA) is 101 Å². The van der Waals surface area contributed by atoms with Crippen LogP contribution in [0.2, 0.25) is 0 Å². The lowest BCUT2D eigenvalue weighted by atomic mass is 9.98. The number of fused-ring (bicyclic) bond motifs is 1. The van der Waals surface area contributed by atoms with E-state index in [2.05, 4.69) is 30.8 Å². The third kappa shape index (κ3) is 3.20. The highest BCUT2D eigenvalue weighted by Gasteiger charge is 2.27. The van der Waals surface area contributed by atoms with Gasteiger partial charge in [0, 0.05) is 0 Å². The summed E-state index contributed by atoms with van der Waals surface area (Å²) in [5, 5.41) is 14.0. The summed E-state index contributed by atoms with van der Waals surface area (Å²) in [5.74, 6) is 0.723. The van der Waals surface area contributed by atoms with Crippen molar-refractivity contribution in [2.75, 3.05) is 0 Å². The average Bonchev–Trinajstić information content (AvgIpc) is 3.22. The standard InChI is InChI=1S/C15H19N7O/c1-3-10(2)14(22-9-17-20-21-22)15(23)16-8-13-18-11-6-4-5-7-12(11)19-13/h4-7,9-10,14H,3,8H2,1-2H3,(H,16,23)(H,18,19)/t10-,14-/m0/s1. The van der Waals surface area contributed by atoms with Gasteiger partial charge in [-0.2, -0.15) is 0 Å². The molecular weight excluding hydrogens is 294 g/mol. The van der Waals surface area contributed by atoms with E-state index in [9.17, 15) is 4.79 Å². The number of carbonyl (C=O) groups is 1. The Hall–Kier alpha value is -2.77. The number of nitrogens with one attached hydrogen (secondary N) is 2. The molecule has 1 amide bonds. The third-order valence-electron chi connectivity index (χ3n) is 3.97. The van der Waals surface area contributed by atoms with Gasteiger partial charge in [0.1, 0.15) is 18.2 Å². The Morgan fingerprint density at radius 1 is 1.39 bits per heavy atom. The summed E-state index contributed by atoms with van der Waals surface area (Å²) < 4.78 is 1.50. The molecule has 0 saturated heterocycles. The van der Waals surface area contributed by atoms with Gasteiger partial charge in [0.15, 0.2) is 0 Å². The highest BCUT2D eigenvalue weighted by atomic mass is 16.2. The molecule has 2 heterocycles. The summed E-state index contributed by atoms with van der Waals surface area (Å²) in [6, 6.07) is 7.33. The third-order valence-corrected chi connectivity index (χ3v) is 3.97. The summed E-state index contributed by atoms with van der Waals surface area (Å²) >= 11 is 0. The zero-order valence-electron chi connectivity index (χ0n) is 13.1. The first-order valence-corrected chi connectivity index (χ1v) is 7.63. The molecule has 2 N–H and O–H groups in total. The van der Waals surface area contributed by atoms with Crippen molar-refractivity contribution in [2.24, 2.45) is 5.92 Å². The molecule has 0 spiro atoms. The minimum Gasteiger partial charge on any atom is -0.347 e. The molecule has 0 aliphatic rings. The lowest BCUT2D eigenvalue weighted by molar-refractivity contribution is -0.126. The number of rotatable bonds is 6. The molecule has 120 valence electrons. The molecule has 0 aliphatic heterocycles. The van der Waals surface area contributed by atoms with E-state index < -0.39 is 6.04 Å². The van der Waals surface area contributed by atoms with Crippen LogP contribution in [0, 0.1) is 5.92 Å². The summed E-state index contributed by atoms with van der Waals surface area (Å²) in [4.78, 5) is 20.2. The maximum atomic E-state index is 12.6. The number of amides is 1. The molecule has 8 nitrogen and oxygen atoms in total. The second-order valence-corrected chi connectivity index (χ2v) is 5.54. The fourth-order valence-electron chi connectivity index (χ4n) is 2.52. The fourth-order valence-corrected chi connectivity index (χ4v) is 2.52. The van der Waals surface area contributed by atoms with Gasteiger partial charge < -0.3 is 10.3 Å². The average molecular weight is 313 g/mol. The van der Waals surface area contributed by atoms with Gasteiger partial charge in [0.25, 0.3) is 0 Å². The SMILES string of the molecule is CC[C@H](C)[C@@H](C(=O)NCc1nc2ccccc2[nH]1)n1cnnn1. The zero-order chi connectivity index (χ0) is 16.2. The number of tetrazole rings is 1. The van der Waals surface area contributed by atoms with Crippen LogP contribution in [0.5, 0.6) is 0 Å². The van der Waals surface area contributed by atoms with Gasteiger partial charge in [-0.1, -0.05) is 32.4 Å². The van der Waals surface area contributed by atoms with Crippen molar-refractivity contribution < 1.29 is 4.79 Å². The van der Waals surface area contributed by atoms with Crippen molar-refractivity contribution in [3.63, 3.8) is 0 Å². The number of H-pyrrole nitrogens is 1. The molecule has 3 aromatic rings. The van der Waals surface area contributed by atoms with Gasteiger partial charge in [-0.15, -0.1) is 5.10 Å². The summed E-state index contributed by atoms with van der Waals surface area (Å²) in [6.45, 7) is 4.38. The molecule has 23 heavy (non-hydrogen) atoms. The second kappa shape index (κ2) is 6.55. The molecule has 2 atom stereocenters. The zero-order valence-corrected chi connectivity index (χ0v) is 13.1. The Balaban J connectivity index is 1.71. The predicted octanol–water partition coefficient (Wildman–Crippen LogP) is 1.45. The number of benzene rings is 1. The Kier molecular flexibility index (Phi) is 4.31. The van der Waals surface area contributed by atoms with Crippen LogP contribution in [-0.4, -0.2) is 36.1 Å². The lowest BCUT2D eigenvalue weighted by Gasteiger charge is -2.21. The number of para-hydroxylation sites is 2.